The largest absolute Gasteiger partial charge is 0.486 e. The van der Waals surface area contributed by atoms with Crippen LogP contribution in [0.15, 0.2) is 48.5 Å². The lowest BCUT2D eigenvalue weighted by molar-refractivity contribution is 0.171. The summed E-state index contributed by atoms with van der Waals surface area (Å²) >= 11 is 0. The summed E-state index contributed by atoms with van der Waals surface area (Å²) in [5, 5.41) is 5.72. The van der Waals surface area contributed by atoms with Gasteiger partial charge in [-0.05, 0) is 29.8 Å². The minimum Gasteiger partial charge on any atom is -0.486 e. The SMILES string of the molecule is CN(CCNC(=O)NCc1ccc2c(c1)OCCO2)c1ccccc1. The van der Waals surface area contributed by atoms with Crippen molar-refractivity contribution in [1.82, 2.24) is 10.6 Å². The van der Waals surface area contributed by atoms with Gasteiger partial charge in [0, 0.05) is 32.4 Å². The van der Waals surface area contributed by atoms with E-state index < -0.39 is 0 Å². The molecule has 0 saturated carbocycles. The zero-order valence-corrected chi connectivity index (χ0v) is 14.3. The molecule has 6 heteroatoms. The van der Waals surface area contributed by atoms with E-state index in [9.17, 15) is 4.79 Å². The first-order valence-corrected chi connectivity index (χ1v) is 8.39. The van der Waals surface area contributed by atoms with E-state index in [1.807, 2.05) is 55.6 Å². The maximum absolute atomic E-state index is 11.9. The van der Waals surface area contributed by atoms with Gasteiger partial charge in [-0.2, -0.15) is 0 Å². The molecule has 0 spiro atoms. The molecule has 25 heavy (non-hydrogen) atoms. The van der Waals surface area contributed by atoms with Crippen LogP contribution in [-0.4, -0.2) is 39.4 Å². The highest BCUT2D eigenvalue weighted by Crippen LogP contribution is 2.30. The fraction of sp³-hybridized carbons (Fsp3) is 0.316. The first kappa shape index (κ1) is 17.0. The number of urea groups is 1. The number of amides is 2. The van der Waals surface area contributed by atoms with Gasteiger partial charge < -0.3 is 25.0 Å². The van der Waals surface area contributed by atoms with Crippen LogP contribution in [0.2, 0.25) is 0 Å². The van der Waals surface area contributed by atoms with Crippen molar-refractivity contribution in [3.63, 3.8) is 0 Å². The molecule has 2 amide bonds. The van der Waals surface area contributed by atoms with Crippen molar-refractivity contribution in [1.29, 1.82) is 0 Å². The second-order valence-corrected chi connectivity index (χ2v) is 5.84. The summed E-state index contributed by atoms with van der Waals surface area (Å²) in [5.41, 5.74) is 2.10. The number of benzene rings is 2. The molecule has 2 aromatic carbocycles. The quantitative estimate of drug-likeness (QED) is 0.847. The average Bonchev–Trinajstić information content (AvgIpc) is 2.67. The summed E-state index contributed by atoms with van der Waals surface area (Å²) in [6, 6.07) is 15.6. The second-order valence-electron chi connectivity index (χ2n) is 5.84. The Labute approximate surface area is 147 Å². The molecule has 0 unspecified atom stereocenters. The zero-order valence-electron chi connectivity index (χ0n) is 14.3. The van der Waals surface area contributed by atoms with Gasteiger partial charge in [0.05, 0.1) is 0 Å². The van der Waals surface area contributed by atoms with Crippen LogP contribution in [-0.2, 0) is 6.54 Å². The van der Waals surface area contributed by atoms with Crippen LogP contribution in [0.1, 0.15) is 5.56 Å². The molecule has 0 bridgehead atoms. The number of likely N-dealkylation sites (N-methyl/N-ethyl adjacent to an activating group) is 1. The number of fused-ring (bicyclic) bond motifs is 1. The van der Waals surface area contributed by atoms with Crippen LogP contribution < -0.4 is 25.0 Å². The Bertz CT molecular complexity index is 706. The molecule has 2 aromatic rings. The van der Waals surface area contributed by atoms with Gasteiger partial charge in [-0.15, -0.1) is 0 Å². The molecule has 0 radical (unpaired) electrons. The number of rotatable bonds is 6. The fourth-order valence-electron chi connectivity index (χ4n) is 2.59. The van der Waals surface area contributed by atoms with Gasteiger partial charge in [0.25, 0.3) is 0 Å². The van der Waals surface area contributed by atoms with E-state index >= 15 is 0 Å². The predicted octanol–water partition coefficient (Wildman–Crippen LogP) is 2.39. The first-order valence-electron chi connectivity index (χ1n) is 8.39. The number of nitrogens with one attached hydrogen (secondary N) is 2. The van der Waals surface area contributed by atoms with E-state index in [0.29, 0.717) is 26.3 Å². The third kappa shape index (κ3) is 4.79. The predicted molar refractivity (Wildman–Crippen MR) is 97.4 cm³/mol. The third-order valence-corrected chi connectivity index (χ3v) is 3.99. The molecule has 0 saturated heterocycles. The number of anilines is 1. The van der Waals surface area contributed by atoms with Crippen molar-refractivity contribution in [3.8, 4) is 11.5 Å². The summed E-state index contributed by atoms with van der Waals surface area (Å²) in [6.07, 6.45) is 0. The lowest BCUT2D eigenvalue weighted by Crippen LogP contribution is -2.39. The highest BCUT2D eigenvalue weighted by Gasteiger charge is 2.12. The Morgan fingerprint density at radius 2 is 1.80 bits per heavy atom. The molecular weight excluding hydrogens is 318 g/mol. The monoisotopic (exact) mass is 341 g/mol. The van der Waals surface area contributed by atoms with Crippen LogP contribution in [0.25, 0.3) is 0 Å². The molecule has 1 aliphatic rings. The van der Waals surface area contributed by atoms with E-state index in [0.717, 1.165) is 29.3 Å². The number of nitrogens with zero attached hydrogens (tertiary/aromatic N) is 1. The van der Waals surface area contributed by atoms with E-state index in [1.54, 1.807) is 0 Å². The molecule has 1 heterocycles. The Balaban J connectivity index is 1.39. The minimum atomic E-state index is -0.184. The van der Waals surface area contributed by atoms with Crippen molar-refractivity contribution in [3.05, 3.63) is 54.1 Å². The van der Waals surface area contributed by atoms with Gasteiger partial charge >= 0.3 is 6.03 Å². The van der Waals surface area contributed by atoms with Crippen molar-refractivity contribution in [2.45, 2.75) is 6.54 Å². The highest BCUT2D eigenvalue weighted by molar-refractivity contribution is 5.73. The fourth-order valence-corrected chi connectivity index (χ4v) is 2.59. The molecule has 0 fully saturated rings. The summed E-state index contributed by atoms with van der Waals surface area (Å²) in [5.74, 6) is 1.49. The molecule has 0 aromatic heterocycles. The van der Waals surface area contributed by atoms with Crippen molar-refractivity contribution < 1.29 is 14.3 Å². The molecule has 3 rings (SSSR count). The van der Waals surface area contributed by atoms with Crippen LogP contribution in [0.4, 0.5) is 10.5 Å². The maximum atomic E-state index is 11.9. The molecule has 1 aliphatic heterocycles. The first-order chi connectivity index (χ1) is 12.2. The Morgan fingerprint density at radius 1 is 1.04 bits per heavy atom. The molecular formula is C19H23N3O3. The highest BCUT2D eigenvalue weighted by atomic mass is 16.6. The van der Waals surface area contributed by atoms with Crippen LogP contribution >= 0.6 is 0 Å². The molecule has 2 N–H and O–H groups in total. The van der Waals surface area contributed by atoms with Crippen LogP contribution in [0, 0.1) is 0 Å². The van der Waals surface area contributed by atoms with Crippen molar-refractivity contribution in [2.24, 2.45) is 0 Å². The van der Waals surface area contributed by atoms with E-state index in [-0.39, 0.29) is 6.03 Å². The smallest absolute Gasteiger partial charge is 0.315 e. The molecule has 132 valence electrons. The number of para-hydroxylation sites is 1. The number of ether oxygens (including phenoxy) is 2. The van der Waals surface area contributed by atoms with Gasteiger partial charge in [-0.1, -0.05) is 24.3 Å². The lowest BCUT2D eigenvalue weighted by Gasteiger charge is -2.20. The number of carbonyl (C=O) groups is 1. The number of hydrogen-bond donors (Lipinski definition) is 2. The topological polar surface area (TPSA) is 62.8 Å². The number of hydrogen-bond acceptors (Lipinski definition) is 4. The molecule has 0 aliphatic carbocycles. The van der Waals surface area contributed by atoms with E-state index in [1.165, 1.54) is 0 Å². The van der Waals surface area contributed by atoms with Gasteiger partial charge in [-0.25, -0.2) is 4.79 Å². The molecule has 6 nitrogen and oxygen atoms in total. The zero-order chi connectivity index (χ0) is 17.5. The average molecular weight is 341 g/mol. The Morgan fingerprint density at radius 3 is 2.60 bits per heavy atom. The van der Waals surface area contributed by atoms with Gasteiger partial charge in [0.1, 0.15) is 13.2 Å². The molecule has 0 atom stereocenters. The van der Waals surface area contributed by atoms with Crippen molar-refractivity contribution >= 4 is 11.7 Å². The van der Waals surface area contributed by atoms with Gasteiger partial charge in [0.2, 0.25) is 0 Å². The second kappa shape index (κ2) is 8.28. The van der Waals surface area contributed by atoms with Crippen LogP contribution in [0.5, 0.6) is 11.5 Å². The van der Waals surface area contributed by atoms with Gasteiger partial charge in [0.15, 0.2) is 11.5 Å². The summed E-state index contributed by atoms with van der Waals surface area (Å²) in [4.78, 5) is 14.0. The van der Waals surface area contributed by atoms with Gasteiger partial charge in [-0.3, -0.25) is 0 Å². The standard InChI is InChI=1S/C19H23N3O3/c1-22(16-5-3-2-4-6-16)10-9-20-19(23)21-14-15-7-8-17-18(13-15)25-12-11-24-17/h2-8,13H,9-12,14H2,1H3,(H2,20,21,23). The van der Waals surface area contributed by atoms with Crippen molar-refractivity contribution in [2.75, 3.05) is 38.3 Å². The summed E-state index contributed by atoms with van der Waals surface area (Å²) in [7, 11) is 2.00. The summed E-state index contributed by atoms with van der Waals surface area (Å²) < 4.78 is 11.0. The van der Waals surface area contributed by atoms with E-state index in [2.05, 4.69) is 15.5 Å². The Hall–Kier alpha value is -2.89. The maximum Gasteiger partial charge on any atom is 0.315 e. The Kier molecular flexibility index (Phi) is 5.61. The number of carbonyl (C=O) groups excluding carboxylic acids is 1. The van der Waals surface area contributed by atoms with Crippen LogP contribution in [0.3, 0.4) is 0 Å². The lowest BCUT2D eigenvalue weighted by atomic mass is 10.2. The third-order valence-electron chi connectivity index (χ3n) is 3.99. The normalized spacial score (nSPS) is 12.4. The summed E-state index contributed by atoms with van der Waals surface area (Å²) in [6.45, 7) is 2.88. The van der Waals surface area contributed by atoms with E-state index in [4.69, 9.17) is 9.47 Å². The minimum absolute atomic E-state index is 0.184.